The number of unbranched alkanes of at least 4 members (excludes halogenated alkanes) is 10. The average molecular weight is 438 g/mol. The highest BCUT2D eigenvalue weighted by molar-refractivity contribution is 5.87. The molecule has 0 fully saturated rings. The smallest absolute Gasteiger partial charge is 0.223 e. The van der Waals surface area contributed by atoms with Crippen molar-refractivity contribution in [1.82, 2.24) is 5.32 Å². The molecule has 1 amide bonds. The van der Waals surface area contributed by atoms with Crippen molar-refractivity contribution in [3.63, 3.8) is 0 Å². The summed E-state index contributed by atoms with van der Waals surface area (Å²) in [5, 5.41) is 5.85. The molecule has 1 N–H and O–H groups in total. The van der Waals surface area contributed by atoms with Gasteiger partial charge in [0.15, 0.2) is 0 Å². The zero-order valence-corrected chi connectivity index (χ0v) is 21.0. The Morgan fingerprint density at radius 1 is 0.719 bits per heavy atom. The summed E-state index contributed by atoms with van der Waals surface area (Å²) in [4.78, 5) is 13.3. The first kappa shape index (κ1) is 26.4. The lowest BCUT2D eigenvalue weighted by molar-refractivity contribution is -0.126. The number of rotatable bonds is 17. The number of hydrogen-bond acceptors (Lipinski definition) is 1. The Balaban J connectivity index is 1.91. The van der Waals surface area contributed by atoms with Gasteiger partial charge in [0.2, 0.25) is 5.91 Å². The Hall–Kier alpha value is -1.83. The van der Waals surface area contributed by atoms with Gasteiger partial charge in [-0.15, -0.1) is 0 Å². The molecule has 2 aromatic rings. The van der Waals surface area contributed by atoms with E-state index < -0.39 is 0 Å². The lowest BCUT2D eigenvalue weighted by Crippen LogP contribution is -2.33. The fraction of sp³-hybridized carbons (Fsp3) is 0.633. The average Bonchev–Trinajstić information content (AvgIpc) is 2.81. The van der Waals surface area contributed by atoms with Crippen molar-refractivity contribution < 1.29 is 4.79 Å². The van der Waals surface area contributed by atoms with Crippen LogP contribution in [0.4, 0.5) is 0 Å². The molecule has 2 aromatic carbocycles. The quantitative estimate of drug-likeness (QED) is 0.246. The van der Waals surface area contributed by atoms with Gasteiger partial charge in [-0.2, -0.15) is 0 Å². The predicted octanol–water partition coefficient (Wildman–Crippen LogP) is 9.13. The van der Waals surface area contributed by atoms with Gasteiger partial charge < -0.3 is 5.32 Å². The number of nitrogens with one attached hydrogen (secondary N) is 1. The minimum Gasteiger partial charge on any atom is -0.349 e. The number of amides is 1. The Kier molecular flexibility index (Phi) is 13.1. The molecule has 0 saturated heterocycles. The van der Waals surface area contributed by atoms with E-state index in [0.717, 1.165) is 12.8 Å². The second kappa shape index (κ2) is 15.9. The summed E-state index contributed by atoms with van der Waals surface area (Å²) in [5.41, 5.74) is 1.22. The molecule has 2 heteroatoms. The molecule has 2 nitrogen and oxygen atoms in total. The van der Waals surface area contributed by atoms with Crippen LogP contribution < -0.4 is 5.32 Å². The van der Waals surface area contributed by atoms with Crippen LogP contribution in [0.15, 0.2) is 42.5 Å². The molecule has 0 aliphatic heterocycles. The predicted molar refractivity (Wildman–Crippen MR) is 140 cm³/mol. The Morgan fingerprint density at radius 3 is 1.88 bits per heavy atom. The van der Waals surface area contributed by atoms with Gasteiger partial charge >= 0.3 is 0 Å². The maximum atomic E-state index is 13.3. The standard InChI is InChI=1S/C30H47NO/c1-4-6-8-10-11-13-15-21-27(20-14-12-9-7-5-2)30(32)31-25(3)28-24-18-22-26-19-16-17-23-29(26)28/h16-19,22-25,27H,4-15,20-21H2,1-3H3,(H,31,32)/t25?,27-/m1/s1. The van der Waals surface area contributed by atoms with E-state index in [0.29, 0.717) is 0 Å². The number of hydrogen-bond donors (Lipinski definition) is 1. The number of benzene rings is 2. The van der Waals surface area contributed by atoms with Crippen LogP contribution >= 0.6 is 0 Å². The summed E-state index contributed by atoms with van der Waals surface area (Å²) in [5.74, 6) is 0.414. The minimum absolute atomic E-state index is 0.0326. The first-order valence-electron chi connectivity index (χ1n) is 13.4. The summed E-state index contributed by atoms with van der Waals surface area (Å²) >= 11 is 0. The summed E-state index contributed by atoms with van der Waals surface area (Å²) in [6, 6.07) is 14.9. The van der Waals surface area contributed by atoms with Crippen LogP contribution in [-0.2, 0) is 4.79 Å². The Bertz CT molecular complexity index is 763. The van der Waals surface area contributed by atoms with Gasteiger partial charge in [0.1, 0.15) is 0 Å². The highest BCUT2D eigenvalue weighted by Gasteiger charge is 2.20. The van der Waals surface area contributed by atoms with Crippen molar-refractivity contribution in [2.75, 3.05) is 0 Å². The molecule has 0 aromatic heterocycles. The molecule has 0 aliphatic carbocycles. The first-order chi connectivity index (χ1) is 15.7. The van der Waals surface area contributed by atoms with E-state index in [1.54, 1.807) is 0 Å². The third-order valence-corrected chi connectivity index (χ3v) is 6.83. The van der Waals surface area contributed by atoms with Gasteiger partial charge in [0, 0.05) is 5.92 Å². The minimum atomic E-state index is 0.0326. The molecule has 0 spiro atoms. The molecule has 1 unspecified atom stereocenters. The van der Waals surface area contributed by atoms with Gasteiger partial charge in [0.25, 0.3) is 0 Å². The lowest BCUT2D eigenvalue weighted by atomic mass is 9.92. The third kappa shape index (κ3) is 9.35. The van der Waals surface area contributed by atoms with Gasteiger partial charge in [-0.25, -0.2) is 0 Å². The van der Waals surface area contributed by atoms with E-state index in [1.165, 1.54) is 93.4 Å². The second-order valence-electron chi connectivity index (χ2n) is 9.61. The van der Waals surface area contributed by atoms with Gasteiger partial charge in [-0.1, -0.05) is 133 Å². The highest BCUT2D eigenvalue weighted by atomic mass is 16.1. The molecule has 178 valence electrons. The molecular formula is C30H47NO. The maximum Gasteiger partial charge on any atom is 0.223 e. The molecule has 0 saturated carbocycles. The van der Waals surface area contributed by atoms with Crippen LogP contribution in [0.5, 0.6) is 0 Å². The molecule has 0 bridgehead atoms. The Morgan fingerprint density at radius 2 is 1.25 bits per heavy atom. The van der Waals surface area contributed by atoms with Crippen molar-refractivity contribution in [2.24, 2.45) is 5.92 Å². The van der Waals surface area contributed by atoms with Crippen molar-refractivity contribution >= 4 is 16.7 Å². The van der Waals surface area contributed by atoms with Gasteiger partial charge in [-0.05, 0) is 36.1 Å². The summed E-state index contributed by atoms with van der Waals surface area (Å²) < 4.78 is 0. The molecule has 2 rings (SSSR count). The van der Waals surface area contributed by atoms with E-state index in [1.807, 2.05) is 0 Å². The van der Waals surface area contributed by atoms with Gasteiger partial charge in [0.05, 0.1) is 6.04 Å². The van der Waals surface area contributed by atoms with E-state index in [9.17, 15) is 4.79 Å². The zero-order valence-electron chi connectivity index (χ0n) is 21.0. The highest BCUT2D eigenvalue weighted by Crippen LogP contribution is 2.26. The van der Waals surface area contributed by atoms with E-state index >= 15 is 0 Å². The summed E-state index contributed by atoms with van der Waals surface area (Å²) in [6.45, 7) is 6.65. The Labute approximate surface area is 197 Å². The molecule has 0 radical (unpaired) electrons. The van der Waals surface area contributed by atoms with Crippen LogP contribution in [0.25, 0.3) is 10.8 Å². The number of carbonyl (C=O) groups is 1. The van der Waals surface area contributed by atoms with Crippen LogP contribution in [0.3, 0.4) is 0 Å². The zero-order chi connectivity index (χ0) is 23.0. The molecular weight excluding hydrogens is 390 g/mol. The van der Waals surface area contributed by atoms with Crippen LogP contribution in [0.2, 0.25) is 0 Å². The SMILES string of the molecule is CCCCCCCCC[C@@H](CCCCCCC)C(=O)NC(C)c1cccc2ccccc12. The van der Waals surface area contributed by atoms with E-state index in [4.69, 9.17) is 0 Å². The lowest BCUT2D eigenvalue weighted by Gasteiger charge is -2.22. The summed E-state index contributed by atoms with van der Waals surface area (Å²) in [6.07, 6.45) is 17.5. The fourth-order valence-corrected chi connectivity index (χ4v) is 4.79. The fourth-order valence-electron chi connectivity index (χ4n) is 4.79. The molecule has 0 aliphatic rings. The number of carbonyl (C=O) groups excluding carboxylic acids is 1. The van der Waals surface area contributed by atoms with Crippen LogP contribution in [0.1, 0.15) is 122 Å². The molecule has 32 heavy (non-hydrogen) atoms. The molecule has 2 atom stereocenters. The topological polar surface area (TPSA) is 29.1 Å². The van der Waals surface area contributed by atoms with Crippen molar-refractivity contribution in [2.45, 2.75) is 117 Å². The van der Waals surface area contributed by atoms with Crippen molar-refractivity contribution in [3.8, 4) is 0 Å². The van der Waals surface area contributed by atoms with Crippen LogP contribution in [-0.4, -0.2) is 5.91 Å². The van der Waals surface area contributed by atoms with Crippen LogP contribution in [0, 0.1) is 5.92 Å². The van der Waals surface area contributed by atoms with Crippen molar-refractivity contribution in [3.05, 3.63) is 48.0 Å². The normalized spacial score (nSPS) is 13.2. The maximum absolute atomic E-state index is 13.3. The number of fused-ring (bicyclic) bond motifs is 1. The van der Waals surface area contributed by atoms with Gasteiger partial charge in [-0.3, -0.25) is 4.79 Å². The summed E-state index contributed by atoms with van der Waals surface area (Å²) in [7, 11) is 0. The first-order valence-corrected chi connectivity index (χ1v) is 13.4. The van der Waals surface area contributed by atoms with E-state index in [2.05, 4.69) is 68.6 Å². The molecule has 0 heterocycles. The monoisotopic (exact) mass is 437 g/mol. The second-order valence-corrected chi connectivity index (χ2v) is 9.61. The van der Waals surface area contributed by atoms with Crippen molar-refractivity contribution in [1.29, 1.82) is 0 Å². The third-order valence-electron chi connectivity index (χ3n) is 6.83. The van der Waals surface area contributed by atoms with E-state index in [-0.39, 0.29) is 17.9 Å². The largest absolute Gasteiger partial charge is 0.349 e.